The third-order valence-electron chi connectivity index (χ3n) is 6.56. The van der Waals surface area contributed by atoms with Gasteiger partial charge in [-0.15, -0.1) is 0 Å². The molecule has 0 bridgehead atoms. The highest BCUT2D eigenvalue weighted by atomic mass is 79.9. The summed E-state index contributed by atoms with van der Waals surface area (Å²) in [5, 5.41) is 9.73. The minimum absolute atomic E-state index is 0.0793. The van der Waals surface area contributed by atoms with Gasteiger partial charge in [-0.2, -0.15) is 0 Å². The minimum atomic E-state index is -0.237. The molecule has 1 spiro atoms. The zero-order chi connectivity index (χ0) is 17.4. The molecule has 138 valence electrons. The molecule has 4 rings (SSSR count). The number of hydrogen-bond donors (Lipinski definition) is 1. The van der Waals surface area contributed by atoms with Crippen LogP contribution >= 0.6 is 15.9 Å². The maximum absolute atomic E-state index is 14.2. The second kappa shape index (κ2) is 7.12. The van der Waals surface area contributed by atoms with Gasteiger partial charge in [0.1, 0.15) is 0 Å². The van der Waals surface area contributed by atoms with Gasteiger partial charge in [-0.25, -0.2) is 9.37 Å². The van der Waals surface area contributed by atoms with E-state index < -0.39 is 0 Å². The van der Waals surface area contributed by atoms with Crippen LogP contribution in [0.5, 0.6) is 0 Å². The zero-order valence-electron chi connectivity index (χ0n) is 14.6. The van der Waals surface area contributed by atoms with Crippen LogP contribution in [0.25, 0.3) is 0 Å². The lowest BCUT2D eigenvalue weighted by Gasteiger charge is -2.41. The van der Waals surface area contributed by atoms with E-state index in [4.69, 9.17) is 0 Å². The largest absolute Gasteiger partial charge is 0.393 e. The summed E-state index contributed by atoms with van der Waals surface area (Å²) in [5.41, 5.74) is 0.401. The molecular weight excluding hydrogens is 385 g/mol. The first kappa shape index (κ1) is 17.7. The van der Waals surface area contributed by atoms with Crippen molar-refractivity contribution in [3.8, 4) is 0 Å². The zero-order valence-corrected chi connectivity index (χ0v) is 16.2. The number of nitrogens with zero attached hydrogens (tertiary/aromatic N) is 3. The molecule has 2 aliphatic heterocycles. The molecule has 3 heterocycles. The molecule has 1 N–H and O–H groups in total. The summed E-state index contributed by atoms with van der Waals surface area (Å²) in [6.45, 7) is 4.15. The number of aromatic nitrogens is 1. The van der Waals surface area contributed by atoms with Crippen molar-refractivity contribution >= 4 is 21.7 Å². The van der Waals surface area contributed by atoms with E-state index >= 15 is 0 Å². The number of aliphatic hydroxyl groups is 1. The van der Waals surface area contributed by atoms with Gasteiger partial charge in [0.25, 0.3) is 0 Å². The van der Waals surface area contributed by atoms with Crippen LogP contribution in [0.3, 0.4) is 0 Å². The standard InChI is InChI=1S/C19H27BrFN3O/c20-14-11-17(21)18(22-12-14)23-8-5-19(6-9-23)7-10-24(13-19)15-1-3-16(25)4-2-15/h11-12,15-16,25H,1-10,13H2. The Kier molecular flexibility index (Phi) is 5.04. The summed E-state index contributed by atoms with van der Waals surface area (Å²) in [6, 6.07) is 2.16. The van der Waals surface area contributed by atoms with E-state index in [1.165, 1.54) is 25.6 Å². The molecule has 3 aliphatic rings. The SMILES string of the molecule is OC1CCC(N2CCC3(CCN(c4ncc(Br)cc4F)CC3)C2)CC1. The Morgan fingerprint density at radius 1 is 1.12 bits per heavy atom. The van der Waals surface area contributed by atoms with Gasteiger partial charge >= 0.3 is 0 Å². The van der Waals surface area contributed by atoms with Crippen molar-refractivity contribution in [3.63, 3.8) is 0 Å². The molecule has 2 saturated heterocycles. The third kappa shape index (κ3) is 3.71. The predicted molar refractivity (Wildman–Crippen MR) is 100 cm³/mol. The maximum Gasteiger partial charge on any atom is 0.166 e. The summed E-state index contributed by atoms with van der Waals surface area (Å²) in [4.78, 5) is 9.05. The van der Waals surface area contributed by atoms with Gasteiger partial charge in [-0.1, -0.05) is 0 Å². The van der Waals surface area contributed by atoms with Crippen molar-refractivity contribution in [1.82, 2.24) is 9.88 Å². The molecule has 25 heavy (non-hydrogen) atoms. The van der Waals surface area contributed by atoms with Gasteiger partial charge in [0.05, 0.1) is 6.10 Å². The highest BCUT2D eigenvalue weighted by molar-refractivity contribution is 9.10. The second-order valence-electron chi connectivity index (χ2n) is 8.13. The quantitative estimate of drug-likeness (QED) is 0.806. The molecule has 0 radical (unpaired) electrons. The van der Waals surface area contributed by atoms with Gasteiger partial charge in [0.15, 0.2) is 11.6 Å². The van der Waals surface area contributed by atoms with Gasteiger partial charge in [-0.3, -0.25) is 4.90 Å². The van der Waals surface area contributed by atoms with Gasteiger partial charge in [0.2, 0.25) is 0 Å². The average molecular weight is 412 g/mol. The topological polar surface area (TPSA) is 39.6 Å². The monoisotopic (exact) mass is 411 g/mol. The number of hydrogen-bond acceptors (Lipinski definition) is 4. The first-order valence-electron chi connectivity index (χ1n) is 9.53. The molecule has 0 atom stereocenters. The summed E-state index contributed by atoms with van der Waals surface area (Å²) in [7, 11) is 0. The Morgan fingerprint density at radius 2 is 1.80 bits per heavy atom. The molecule has 1 aromatic heterocycles. The highest BCUT2D eigenvalue weighted by Gasteiger charge is 2.43. The number of aliphatic hydroxyl groups excluding tert-OH is 1. The molecule has 0 amide bonds. The van der Waals surface area contributed by atoms with Crippen LogP contribution in [0, 0.1) is 11.2 Å². The van der Waals surface area contributed by atoms with E-state index in [0.717, 1.165) is 51.6 Å². The summed E-state index contributed by atoms with van der Waals surface area (Å²) >= 11 is 3.27. The number of likely N-dealkylation sites (tertiary alicyclic amines) is 1. The Labute approximate surface area is 157 Å². The first-order valence-corrected chi connectivity index (χ1v) is 10.3. The predicted octanol–water partition coefficient (Wildman–Crippen LogP) is 3.58. The van der Waals surface area contributed by atoms with Crippen LogP contribution in [0.4, 0.5) is 10.2 Å². The normalized spacial score (nSPS) is 30.1. The van der Waals surface area contributed by atoms with E-state index in [0.29, 0.717) is 21.7 Å². The fourth-order valence-corrected chi connectivity index (χ4v) is 5.25. The molecular formula is C19H27BrFN3O. The second-order valence-corrected chi connectivity index (χ2v) is 9.04. The third-order valence-corrected chi connectivity index (χ3v) is 7.00. The first-order chi connectivity index (χ1) is 12.0. The fraction of sp³-hybridized carbons (Fsp3) is 0.737. The lowest BCUT2D eigenvalue weighted by Crippen LogP contribution is -2.44. The summed E-state index contributed by atoms with van der Waals surface area (Å²) in [6.07, 6.45) is 9.28. The molecule has 4 nitrogen and oxygen atoms in total. The smallest absolute Gasteiger partial charge is 0.166 e. The number of piperidine rings is 1. The number of anilines is 1. The van der Waals surface area contributed by atoms with E-state index in [9.17, 15) is 9.50 Å². The highest BCUT2D eigenvalue weighted by Crippen LogP contribution is 2.43. The number of pyridine rings is 1. The van der Waals surface area contributed by atoms with Crippen molar-refractivity contribution in [3.05, 3.63) is 22.6 Å². The fourth-order valence-electron chi connectivity index (χ4n) is 4.95. The van der Waals surface area contributed by atoms with Crippen molar-refractivity contribution in [1.29, 1.82) is 0 Å². The molecule has 1 aliphatic carbocycles. The number of halogens is 2. The van der Waals surface area contributed by atoms with Crippen LogP contribution in [0.2, 0.25) is 0 Å². The van der Waals surface area contributed by atoms with Crippen LogP contribution < -0.4 is 4.90 Å². The van der Waals surface area contributed by atoms with Gasteiger partial charge in [0, 0.05) is 36.3 Å². The molecule has 3 fully saturated rings. The molecule has 1 saturated carbocycles. The molecule has 0 unspecified atom stereocenters. The minimum Gasteiger partial charge on any atom is -0.393 e. The van der Waals surface area contributed by atoms with Crippen LogP contribution in [0.1, 0.15) is 44.9 Å². The van der Waals surface area contributed by atoms with E-state index in [-0.39, 0.29) is 11.9 Å². The van der Waals surface area contributed by atoms with Crippen LogP contribution in [-0.2, 0) is 0 Å². The Balaban J connectivity index is 1.35. The van der Waals surface area contributed by atoms with Gasteiger partial charge in [-0.05, 0) is 78.9 Å². The molecule has 0 aromatic carbocycles. The average Bonchev–Trinajstić information content (AvgIpc) is 3.01. The summed E-state index contributed by atoms with van der Waals surface area (Å²) < 4.78 is 14.9. The van der Waals surface area contributed by atoms with Crippen molar-refractivity contribution < 1.29 is 9.50 Å². The van der Waals surface area contributed by atoms with E-state index in [1.54, 1.807) is 6.20 Å². The molecule has 1 aromatic rings. The Bertz CT molecular complexity index is 613. The molecule has 6 heteroatoms. The number of rotatable bonds is 2. The van der Waals surface area contributed by atoms with Crippen molar-refractivity contribution in [2.45, 2.75) is 57.1 Å². The van der Waals surface area contributed by atoms with Crippen molar-refractivity contribution in [2.24, 2.45) is 5.41 Å². The lowest BCUT2D eigenvalue weighted by atomic mass is 9.77. The van der Waals surface area contributed by atoms with Crippen LogP contribution in [0.15, 0.2) is 16.7 Å². The van der Waals surface area contributed by atoms with Crippen molar-refractivity contribution in [2.75, 3.05) is 31.1 Å². The van der Waals surface area contributed by atoms with E-state index in [2.05, 4.69) is 30.7 Å². The van der Waals surface area contributed by atoms with Crippen LogP contribution in [-0.4, -0.2) is 53.3 Å². The van der Waals surface area contributed by atoms with Gasteiger partial charge < -0.3 is 10.0 Å². The summed E-state index contributed by atoms with van der Waals surface area (Å²) in [5.74, 6) is 0.258. The lowest BCUT2D eigenvalue weighted by molar-refractivity contribution is 0.0762. The Morgan fingerprint density at radius 3 is 2.48 bits per heavy atom. The maximum atomic E-state index is 14.2. The Hall–Kier alpha value is -0.720. The van der Waals surface area contributed by atoms with E-state index in [1.807, 2.05) is 0 Å².